The van der Waals surface area contributed by atoms with Crippen molar-refractivity contribution >= 4 is 16.6 Å². The van der Waals surface area contributed by atoms with Crippen LogP contribution >= 0.6 is 0 Å². The average Bonchev–Trinajstić information content (AvgIpc) is 3.37. The highest BCUT2D eigenvalue weighted by atomic mass is 16.1. The molecule has 1 unspecified atom stereocenters. The lowest BCUT2D eigenvalue weighted by Gasteiger charge is -2.31. The molecule has 3 heterocycles. The van der Waals surface area contributed by atoms with Gasteiger partial charge in [0.1, 0.15) is 6.04 Å². The van der Waals surface area contributed by atoms with E-state index in [9.17, 15) is 4.79 Å². The molecule has 2 aromatic heterocycles. The standard InChI is InChI=1S/C24H26N6O/c1-15-9-10-17-14-18(23(31)25-19(17)13-15)21(22-26-27-28-30(22)24(2,3)4)29-12-11-16-7-5-6-8-20(16)29/h5-10,13-14,21H,11-12H2,1-4H3,(H,25,31). The van der Waals surface area contributed by atoms with Crippen LogP contribution in [0.5, 0.6) is 0 Å². The highest BCUT2D eigenvalue weighted by Crippen LogP contribution is 2.38. The molecule has 0 fully saturated rings. The van der Waals surface area contributed by atoms with Crippen LogP contribution in [0.15, 0.2) is 53.3 Å². The molecule has 0 amide bonds. The van der Waals surface area contributed by atoms with Gasteiger partial charge in [0.15, 0.2) is 5.82 Å². The number of hydrogen-bond donors (Lipinski definition) is 1. The second-order valence-corrected chi connectivity index (χ2v) is 9.24. The van der Waals surface area contributed by atoms with Gasteiger partial charge in [-0.05, 0) is 79.3 Å². The molecule has 4 aromatic rings. The summed E-state index contributed by atoms with van der Waals surface area (Å²) in [6, 6.07) is 16.0. The van der Waals surface area contributed by atoms with Crippen molar-refractivity contribution in [2.24, 2.45) is 0 Å². The van der Waals surface area contributed by atoms with E-state index in [1.807, 2.05) is 35.9 Å². The average molecular weight is 415 g/mol. The fourth-order valence-corrected chi connectivity index (χ4v) is 4.46. The van der Waals surface area contributed by atoms with Crippen molar-refractivity contribution in [1.29, 1.82) is 0 Å². The van der Waals surface area contributed by atoms with Gasteiger partial charge in [0.25, 0.3) is 5.56 Å². The van der Waals surface area contributed by atoms with E-state index in [1.54, 1.807) is 0 Å². The summed E-state index contributed by atoms with van der Waals surface area (Å²) in [5, 5.41) is 13.7. The molecule has 0 saturated heterocycles. The molecule has 31 heavy (non-hydrogen) atoms. The number of para-hydroxylation sites is 1. The minimum atomic E-state index is -0.396. The molecule has 0 bridgehead atoms. The largest absolute Gasteiger partial charge is 0.357 e. The molecule has 5 rings (SSSR count). The van der Waals surface area contributed by atoms with Crippen molar-refractivity contribution in [3.05, 3.63) is 81.4 Å². The van der Waals surface area contributed by atoms with Gasteiger partial charge >= 0.3 is 0 Å². The number of H-pyrrole nitrogens is 1. The molecule has 158 valence electrons. The van der Waals surface area contributed by atoms with E-state index in [4.69, 9.17) is 0 Å². The lowest BCUT2D eigenvalue weighted by molar-refractivity contribution is 0.329. The van der Waals surface area contributed by atoms with Crippen molar-refractivity contribution in [1.82, 2.24) is 25.2 Å². The second kappa shape index (κ2) is 7.04. The zero-order chi connectivity index (χ0) is 21.8. The van der Waals surface area contributed by atoms with E-state index in [0.29, 0.717) is 11.4 Å². The Hall–Kier alpha value is -3.48. The lowest BCUT2D eigenvalue weighted by atomic mass is 10.0. The summed E-state index contributed by atoms with van der Waals surface area (Å²) < 4.78 is 1.83. The van der Waals surface area contributed by atoms with E-state index >= 15 is 0 Å². The second-order valence-electron chi connectivity index (χ2n) is 9.24. The molecule has 0 saturated carbocycles. The van der Waals surface area contributed by atoms with Crippen molar-refractivity contribution in [2.45, 2.75) is 45.7 Å². The van der Waals surface area contributed by atoms with Gasteiger partial charge in [0.2, 0.25) is 0 Å². The number of fused-ring (bicyclic) bond motifs is 2. The summed E-state index contributed by atoms with van der Waals surface area (Å²) in [7, 11) is 0. The summed E-state index contributed by atoms with van der Waals surface area (Å²) in [6.45, 7) is 9.01. The van der Waals surface area contributed by atoms with Gasteiger partial charge in [0, 0.05) is 23.3 Å². The first-order valence-electron chi connectivity index (χ1n) is 10.6. The van der Waals surface area contributed by atoms with Crippen LogP contribution in [0.1, 0.15) is 49.3 Å². The van der Waals surface area contributed by atoms with Crippen LogP contribution in [-0.4, -0.2) is 31.7 Å². The van der Waals surface area contributed by atoms with Gasteiger partial charge in [0.05, 0.1) is 5.54 Å². The van der Waals surface area contributed by atoms with Gasteiger partial charge < -0.3 is 9.88 Å². The first kappa shape index (κ1) is 19.5. The number of tetrazole rings is 1. The van der Waals surface area contributed by atoms with Crippen LogP contribution in [0.25, 0.3) is 10.9 Å². The number of aromatic amines is 1. The molecule has 1 aliphatic heterocycles. The number of benzene rings is 2. The van der Waals surface area contributed by atoms with Crippen LogP contribution in [0.3, 0.4) is 0 Å². The molecule has 1 N–H and O–H groups in total. The van der Waals surface area contributed by atoms with Crippen LogP contribution in [0.4, 0.5) is 5.69 Å². The highest BCUT2D eigenvalue weighted by molar-refractivity contribution is 5.80. The highest BCUT2D eigenvalue weighted by Gasteiger charge is 2.36. The molecular weight excluding hydrogens is 388 g/mol. The first-order chi connectivity index (χ1) is 14.8. The minimum Gasteiger partial charge on any atom is -0.357 e. The van der Waals surface area contributed by atoms with Gasteiger partial charge in [-0.2, -0.15) is 0 Å². The van der Waals surface area contributed by atoms with Crippen molar-refractivity contribution in [3.8, 4) is 0 Å². The fraction of sp³-hybridized carbons (Fsp3) is 0.333. The Kier molecular flexibility index (Phi) is 4.43. The van der Waals surface area contributed by atoms with Gasteiger partial charge in [-0.1, -0.05) is 30.3 Å². The molecule has 1 atom stereocenters. The number of aromatic nitrogens is 5. The van der Waals surface area contributed by atoms with E-state index < -0.39 is 6.04 Å². The monoisotopic (exact) mass is 414 g/mol. The molecule has 0 spiro atoms. The van der Waals surface area contributed by atoms with Crippen molar-refractivity contribution < 1.29 is 0 Å². The fourth-order valence-electron chi connectivity index (χ4n) is 4.46. The van der Waals surface area contributed by atoms with Crippen molar-refractivity contribution in [2.75, 3.05) is 11.4 Å². The Bertz CT molecular complexity index is 1330. The third-order valence-electron chi connectivity index (χ3n) is 5.93. The minimum absolute atomic E-state index is 0.115. The maximum atomic E-state index is 13.4. The Morgan fingerprint density at radius 3 is 2.71 bits per heavy atom. The number of hydrogen-bond acceptors (Lipinski definition) is 5. The molecule has 0 aliphatic carbocycles. The summed E-state index contributed by atoms with van der Waals surface area (Å²) in [5.74, 6) is 0.668. The quantitative estimate of drug-likeness (QED) is 0.553. The Morgan fingerprint density at radius 2 is 1.90 bits per heavy atom. The van der Waals surface area contributed by atoms with Crippen molar-refractivity contribution in [3.63, 3.8) is 0 Å². The zero-order valence-electron chi connectivity index (χ0n) is 18.3. The molecule has 2 aromatic carbocycles. The first-order valence-corrected chi connectivity index (χ1v) is 10.6. The number of anilines is 1. The van der Waals surface area contributed by atoms with Gasteiger partial charge in [-0.3, -0.25) is 4.79 Å². The topological polar surface area (TPSA) is 79.7 Å². The number of nitrogens with one attached hydrogen (secondary N) is 1. The number of aryl methyl sites for hydroxylation is 1. The normalized spacial score (nSPS) is 14.8. The van der Waals surface area contributed by atoms with E-state index in [2.05, 4.69) is 70.4 Å². The predicted molar refractivity (Wildman–Crippen MR) is 121 cm³/mol. The molecule has 0 radical (unpaired) electrons. The predicted octanol–water partition coefficient (Wildman–Crippen LogP) is 3.73. The molecule has 1 aliphatic rings. The van der Waals surface area contributed by atoms with Crippen LogP contribution in [0, 0.1) is 6.92 Å². The lowest BCUT2D eigenvalue weighted by Crippen LogP contribution is -2.37. The third kappa shape index (κ3) is 3.30. The number of rotatable bonds is 3. The maximum Gasteiger partial charge on any atom is 0.254 e. The Morgan fingerprint density at radius 1 is 1.10 bits per heavy atom. The molecule has 7 heteroatoms. The smallest absolute Gasteiger partial charge is 0.254 e. The van der Waals surface area contributed by atoms with Crippen LogP contribution in [0.2, 0.25) is 0 Å². The number of nitrogens with zero attached hydrogens (tertiary/aromatic N) is 5. The van der Waals surface area contributed by atoms with E-state index in [0.717, 1.165) is 35.1 Å². The summed E-state index contributed by atoms with van der Waals surface area (Å²) in [5.41, 5.74) is 4.55. The Labute approximate surface area is 180 Å². The summed E-state index contributed by atoms with van der Waals surface area (Å²) >= 11 is 0. The van der Waals surface area contributed by atoms with Gasteiger partial charge in [-0.15, -0.1) is 5.10 Å². The molecule has 7 nitrogen and oxygen atoms in total. The van der Waals surface area contributed by atoms with Gasteiger partial charge in [-0.25, -0.2) is 4.68 Å². The molecular formula is C24H26N6O. The summed E-state index contributed by atoms with van der Waals surface area (Å²) in [6.07, 6.45) is 0.925. The zero-order valence-corrected chi connectivity index (χ0v) is 18.3. The summed E-state index contributed by atoms with van der Waals surface area (Å²) in [4.78, 5) is 18.7. The van der Waals surface area contributed by atoms with Crippen LogP contribution in [-0.2, 0) is 12.0 Å². The maximum absolute atomic E-state index is 13.4. The third-order valence-corrected chi connectivity index (χ3v) is 5.93. The Balaban J connectivity index is 1.76. The van der Waals surface area contributed by atoms with Crippen LogP contribution < -0.4 is 10.5 Å². The SMILES string of the molecule is Cc1ccc2cc(C(c3nnnn3C(C)(C)C)N3CCc4ccccc43)c(=O)[nH]c2c1. The van der Waals surface area contributed by atoms with E-state index in [-0.39, 0.29) is 11.1 Å². The van der Waals surface area contributed by atoms with E-state index in [1.165, 1.54) is 5.56 Å². The number of pyridine rings is 1.